The molecule has 1 aliphatic heterocycles. The van der Waals surface area contributed by atoms with Crippen molar-refractivity contribution >= 4 is 35.8 Å². The van der Waals surface area contributed by atoms with Gasteiger partial charge in [0, 0.05) is 52.9 Å². The predicted octanol–water partition coefficient (Wildman–Crippen LogP) is 2.40. The van der Waals surface area contributed by atoms with Crippen molar-refractivity contribution in [2.24, 2.45) is 4.99 Å². The van der Waals surface area contributed by atoms with E-state index in [9.17, 15) is 9.18 Å². The van der Waals surface area contributed by atoms with Crippen molar-refractivity contribution in [3.63, 3.8) is 0 Å². The van der Waals surface area contributed by atoms with Crippen molar-refractivity contribution in [1.29, 1.82) is 0 Å². The summed E-state index contributed by atoms with van der Waals surface area (Å²) in [6.07, 6.45) is 0.976. The van der Waals surface area contributed by atoms with E-state index < -0.39 is 0 Å². The number of halogens is 2. The van der Waals surface area contributed by atoms with Crippen LogP contribution in [-0.2, 0) is 11.3 Å². The summed E-state index contributed by atoms with van der Waals surface area (Å²) >= 11 is 0. The van der Waals surface area contributed by atoms with Crippen molar-refractivity contribution in [3.8, 4) is 5.75 Å². The van der Waals surface area contributed by atoms with Gasteiger partial charge in [-0.3, -0.25) is 9.69 Å². The Morgan fingerprint density at radius 2 is 1.97 bits per heavy atom. The zero-order valence-electron chi connectivity index (χ0n) is 18.7. The van der Waals surface area contributed by atoms with Gasteiger partial charge in [0.2, 0.25) is 5.91 Å². The number of nitrogens with zero attached hydrogens (tertiary/aromatic N) is 4. The van der Waals surface area contributed by atoms with Gasteiger partial charge in [-0.1, -0.05) is 13.0 Å². The Morgan fingerprint density at radius 3 is 2.50 bits per heavy atom. The Morgan fingerprint density at radius 1 is 1.30 bits per heavy atom. The maximum absolute atomic E-state index is 13.9. The van der Waals surface area contributed by atoms with Gasteiger partial charge in [0.25, 0.3) is 0 Å². The third-order valence-corrected chi connectivity index (χ3v) is 5.14. The van der Waals surface area contributed by atoms with E-state index in [1.807, 2.05) is 6.07 Å². The van der Waals surface area contributed by atoms with Gasteiger partial charge in [-0.2, -0.15) is 0 Å². The second-order valence-corrected chi connectivity index (χ2v) is 7.61. The topological polar surface area (TPSA) is 60.4 Å². The first-order chi connectivity index (χ1) is 13.8. The lowest BCUT2D eigenvalue weighted by Gasteiger charge is -2.37. The minimum absolute atomic E-state index is 0. The Kier molecular flexibility index (Phi) is 11.4. The summed E-state index contributed by atoms with van der Waals surface area (Å²) in [6.45, 7) is 8.35. The molecule has 1 aliphatic rings. The van der Waals surface area contributed by atoms with Crippen molar-refractivity contribution in [1.82, 2.24) is 20.0 Å². The highest BCUT2D eigenvalue weighted by molar-refractivity contribution is 14.0. The Bertz CT molecular complexity index is 709. The highest BCUT2D eigenvalue weighted by Gasteiger charge is 2.21. The molecule has 30 heavy (non-hydrogen) atoms. The smallest absolute Gasteiger partial charge is 0.243 e. The first kappa shape index (κ1) is 26.4. The van der Waals surface area contributed by atoms with Gasteiger partial charge in [-0.15, -0.1) is 24.0 Å². The van der Waals surface area contributed by atoms with Gasteiger partial charge in [0.1, 0.15) is 6.54 Å². The van der Waals surface area contributed by atoms with Crippen molar-refractivity contribution < 1.29 is 13.9 Å². The highest BCUT2D eigenvalue weighted by atomic mass is 127. The first-order valence-electron chi connectivity index (χ1n) is 10.1. The normalized spacial score (nSPS) is 15.9. The predicted molar refractivity (Wildman–Crippen MR) is 129 cm³/mol. The number of carbonyl (C=O) groups is 1. The van der Waals surface area contributed by atoms with E-state index in [0.717, 1.165) is 44.1 Å². The van der Waals surface area contributed by atoms with Crippen molar-refractivity contribution in [2.45, 2.75) is 32.9 Å². The molecule has 0 spiro atoms. The lowest BCUT2D eigenvalue weighted by atomic mass is 10.2. The van der Waals surface area contributed by atoms with Crippen LogP contribution < -0.4 is 10.1 Å². The van der Waals surface area contributed by atoms with Gasteiger partial charge >= 0.3 is 0 Å². The van der Waals surface area contributed by atoms with Crippen molar-refractivity contribution in [2.75, 3.05) is 53.9 Å². The summed E-state index contributed by atoms with van der Waals surface area (Å²) in [6, 6.07) is 5.39. The Balaban J connectivity index is 0.00000450. The summed E-state index contributed by atoms with van der Waals surface area (Å²) < 4.78 is 18.9. The fourth-order valence-corrected chi connectivity index (χ4v) is 3.03. The summed E-state index contributed by atoms with van der Waals surface area (Å²) in [5.41, 5.74) is 0.931. The molecule has 1 unspecified atom stereocenters. The van der Waals surface area contributed by atoms with E-state index in [0.29, 0.717) is 6.54 Å². The number of amides is 1. The van der Waals surface area contributed by atoms with Crippen LogP contribution in [0.5, 0.6) is 5.75 Å². The van der Waals surface area contributed by atoms with Gasteiger partial charge in [-0.05, 0) is 31.0 Å². The third-order valence-electron chi connectivity index (χ3n) is 5.14. The molecule has 0 aliphatic carbocycles. The van der Waals surface area contributed by atoms with Crippen LogP contribution in [0.1, 0.15) is 25.8 Å². The number of ether oxygens (including phenoxy) is 1. The van der Waals surface area contributed by atoms with E-state index in [-0.39, 0.29) is 54.0 Å². The minimum Gasteiger partial charge on any atom is -0.494 e. The number of methoxy groups -OCH3 is 1. The SMILES string of the molecule is CCC(C)NC(=NCC(=O)N(C)C)N1CCN(Cc2ccc(OC)c(F)c2)CC1.I. The van der Waals surface area contributed by atoms with Crippen LogP contribution in [0.4, 0.5) is 4.39 Å². The lowest BCUT2D eigenvalue weighted by molar-refractivity contribution is -0.127. The zero-order valence-corrected chi connectivity index (χ0v) is 21.0. The molecule has 1 heterocycles. The Hall–Kier alpha value is -1.62. The quantitative estimate of drug-likeness (QED) is 0.330. The number of carbonyl (C=O) groups excluding carboxylic acids is 1. The maximum Gasteiger partial charge on any atom is 0.243 e. The van der Waals surface area contributed by atoms with Gasteiger partial charge in [-0.25, -0.2) is 9.38 Å². The zero-order chi connectivity index (χ0) is 21.4. The molecule has 1 fully saturated rings. The number of rotatable bonds is 7. The van der Waals surface area contributed by atoms with Crippen LogP contribution >= 0.6 is 24.0 Å². The standard InChI is InChI=1S/C21H34FN5O2.HI/c1-6-16(2)24-21(23-14-20(28)25(3)4)27-11-9-26(10-12-27)15-17-7-8-19(29-5)18(22)13-17;/h7-8,13,16H,6,9-12,14-15H2,1-5H3,(H,23,24);1H. The molecule has 0 aromatic heterocycles. The van der Waals surface area contributed by atoms with Crippen LogP contribution in [0, 0.1) is 5.82 Å². The van der Waals surface area contributed by atoms with E-state index >= 15 is 0 Å². The average Bonchev–Trinajstić information content (AvgIpc) is 2.71. The molecular weight excluding hydrogens is 500 g/mol. The summed E-state index contributed by atoms with van der Waals surface area (Å²) in [5.74, 6) is 0.697. The molecule has 2 rings (SSSR count). The molecular formula is C21H35FIN5O2. The molecule has 1 N–H and O–H groups in total. The Labute approximate surface area is 196 Å². The molecule has 0 saturated carbocycles. The van der Waals surface area contributed by atoms with Gasteiger partial charge in [0.15, 0.2) is 17.5 Å². The number of nitrogens with one attached hydrogen (secondary N) is 1. The first-order valence-corrected chi connectivity index (χ1v) is 10.1. The largest absolute Gasteiger partial charge is 0.494 e. The summed E-state index contributed by atoms with van der Waals surface area (Å²) in [7, 11) is 4.94. The van der Waals surface area contributed by atoms with E-state index in [4.69, 9.17) is 4.74 Å². The number of hydrogen-bond acceptors (Lipinski definition) is 4. The van der Waals surface area contributed by atoms with Crippen LogP contribution in [0.2, 0.25) is 0 Å². The third kappa shape index (κ3) is 7.90. The number of aliphatic imine (C=N–C) groups is 1. The summed E-state index contributed by atoms with van der Waals surface area (Å²) in [5, 5.41) is 3.44. The molecule has 9 heteroatoms. The molecule has 1 aromatic carbocycles. The van der Waals surface area contributed by atoms with E-state index in [1.165, 1.54) is 13.2 Å². The fourth-order valence-electron chi connectivity index (χ4n) is 3.03. The van der Waals surface area contributed by atoms with Crippen LogP contribution in [0.15, 0.2) is 23.2 Å². The molecule has 7 nitrogen and oxygen atoms in total. The monoisotopic (exact) mass is 535 g/mol. The molecule has 0 radical (unpaired) electrons. The van der Waals surface area contributed by atoms with E-state index in [1.54, 1.807) is 25.1 Å². The second-order valence-electron chi connectivity index (χ2n) is 7.61. The molecule has 1 amide bonds. The molecule has 1 aromatic rings. The molecule has 170 valence electrons. The van der Waals surface area contributed by atoms with E-state index in [2.05, 4.69) is 34.0 Å². The second kappa shape index (κ2) is 12.9. The number of piperazine rings is 1. The number of guanidine groups is 1. The van der Waals surface area contributed by atoms with Crippen LogP contribution in [-0.4, -0.2) is 86.5 Å². The summed E-state index contributed by atoms with van der Waals surface area (Å²) in [4.78, 5) is 22.5. The van der Waals surface area contributed by atoms with Crippen molar-refractivity contribution in [3.05, 3.63) is 29.6 Å². The lowest BCUT2D eigenvalue weighted by Crippen LogP contribution is -2.53. The average molecular weight is 535 g/mol. The van der Waals surface area contributed by atoms with Crippen LogP contribution in [0.3, 0.4) is 0 Å². The fraction of sp³-hybridized carbons (Fsp3) is 0.619. The molecule has 0 bridgehead atoms. The molecule has 1 atom stereocenters. The maximum atomic E-state index is 13.9. The number of likely N-dealkylation sites (N-methyl/N-ethyl adjacent to an activating group) is 1. The van der Waals surface area contributed by atoms with Gasteiger partial charge < -0.3 is 19.9 Å². The number of benzene rings is 1. The minimum atomic E-state index is -0.332. The number of hydrogen-bond donors (Lipinski definition) is 1. The van der Waals surface area contributed by atoms with Crippen LogP contribution in [0.25, 0.3) is 0 Å². The van der Waals surface area contributed by atoms with Gasteiger partial charge in [0.05, 0.1) is 7.11 Å². The highest BCUT2D eigenvalue weighted by Crippen LogP contribution is 2.19. The molecule has 1 saturated heterocycles.